The van der Waals surface area contributed by atoms with Crippen LogP contribution in [0, 0.1) is 0 Å². The summed E-state index contributed by atoms with van der Waals surface area (Å²) in [4.78, 5) is 36.8. The minimum atomic E-state index is -0.997. The van der Waals surface area contributed by atoms with E-state index in [1.54, 1.807) is 18.7 Å². The molecule has 1 aliphatic rings. The summed E-state index contributed by atoms with van der Waals surface area (Å²) in [5, 5.41) is 11.8. The Morgan fingerprint density at radius 3 is 2.67 bits per heavy atom. The summed E-state index contributed by atoms with van der Waals surface area (Å²) in [7, 11) is 0. The molecule has 0 radical (unpaired) electrons. The zero-order valence-corrected chi connectivity index (χ0v) is 13.2. The van der Waals surface area contributed by atoms with E-state index in [1.165, 1.54) is 4.90 Å². The van der Waals surface area contributed by atoms with Crippen LogP contribution in [0.2, 0.25) is 0 Å². The molecule has 0 aromatic carbocycles. The number of rotatable bonds is 7. The van der Waals surface area contributed by atoms with Gasteiger partial charge in [0.2, 0.25) is 11.8 Å². The maximum Gasteiger partial charge on any atom is 0.326 e. The number of nitrogens with two attached hydrogens (primary N) is 1. The molecule has 3 unspecified atom stereocenters. The molecule has 120 valence electrons. The highest BCUT2D eigenvalue weighted by Crippen LogP contribution is 2.19. The molecule has 1 heterocycles. The quantitative estimate of drug-likeness (QED) is 0.591. The number of hydrogen-bond acceptors (Lipinski definition) is 5. The minimum absolute atomic E-state index is 0.331. The molecule has 0 bridgehead atoms. The van der Waals surface area contributed by atoms with Crippen LogP contribution in [0.3, 0.4) is 0 Å². The molecule has 1 aliphatic heterocycles. The van der Waals surface area contributed by atoms with Crippen LogP contribution in [-0.2, 0) is 14.4 Å². The van der Waals surface area contributed by atoms with Gasteiger partial charge in [-0.25, -0.2) is 4.79 Å². The Balaban J connectivity index is 2.78. The van der Waals surface area contributed by atoms with Crippen molar-refractivity contribution in [3.63, 3.8) is 0 Å². The van der Waals surface area contributed by atoms with Gasteiger partial charge in [-0.15, -0.1) is 0 Å². The molecule has 21 heavy (non-hydrogen) atoms. The second kappa shape index (κ2) is 8.23. The molecule has 0 aromatic rings. The van der Waals surface area contributed by atoms with Crippen molar-refractivity contribution in [1.29, 1.82) is 0 Å². The number of nitrogens with zero attached hydrogens (tertiary/aromatic N) is 1. The van der Waals surface area contributed by atoms with Crippen LogP contribution in [0.15, 0.2) is 0 Å². The lowest BCUT2D eigenvalue weighted by atomic mass is 10.1. The van der Waals surface area contributed by atoms with Crippen LogP contribution < -0.4 is 11.1 Å². The first-order valence-electron chi connectivity index (χ1n) is 6.96. The fourth-order valence-corrected chi connectivity index (χ4v) is 2.76. The lowest BCUT2D eigenvalue weighted by Crippen LogP contribution is -2.54. The van der Waals surface area contributed by atoms with Gasteiger partial charge in [0.05, 0.1) is 6.04 Å². The number of aliphatic carboxylic acids is 1. The number of thioether (sulfide) groups is 1. The van der Waals surface area contributed by atoms with Gasteiger partial charge in [-0.05, 0) is 38.2 Å². The smallest absolute Gasteiger partial charge is 0.326 e. The van der Waals surface area contributed by atoms with E-state index < -0.39 is 30.0 Å². The summed E-state index contributed by atoms with van der Waals surface area (Å²) in [5.41, 5.74) is 5.51. The molecule has 4 N–H and O–H groups in total. The average Bonchev–Trinajstić information content (AvgIpc) is 2.91. The van der Waals surface area contributed by atoms with Gasteiger partial charge >= 0.3 is 5.97 Å². The summed E-state index contributed by atoms with van der Waals surface area (Å²) in [6.45, 7) is 1.96. The lowest BCUT2D eigenvalue weighted by molar-refractivity contribution is -0.149. The SMILES string of the molecule is CSCCC(NC(=O)C(C)N)C(=O)N1CCCC1C(=O)O. The van der Waals surface area contributed by atoms with Crippen molar-refractivity contribution in [2.24, 2.45) is 5.73 Å². The monoisotopic (exact) mass is 317 g/mol. The van der Waals surface area contributed by atoms with Crippen molar-refractivity contribution in [1.82, 2.24) is 10.2 Å². The van der Waals surface area contributed by atoms with E-state index in [1.807, 2.05) is 6.26 Å². The van der Waals surface area contributed by atoms with Crippen LogP contribution in [0.5, 0.6) is 0 Å². The number of hydrogen-bond donors (Lipinski definition) is 3. The fraction of sp³-hybridized carbons (Fsp3) is 0.769. The maximum absolute atomic E-state index is 12.5. The Bertz CT molecular complexity index is 403. The molecule has 0 saturated carbocycles. The van der Waals surface area contributed by atoms with Crippen molar-refractivity contribution >= 4 is 29.5 Å². The number of likely N-dealkylation sites (tertiary alicyclic amines) is 1. The van der Waals surface area contributed by atoms with E-state index in [0.717, 1.165) is 0 Å². The first kappa shape index (κ1) is 17.8. The number of carboxylic acid groups (broad SMARTS) is 1. The average molecular weight is 317 g/mol. The van der Waals surface area contributed by atoms with Crippen LogP contribution in [0.25, 0.3) is 0 Å². The number of carbonyl (C=O) groups excluding carboxylic acids is 2. The lowest BCUT2D eigenvalue weighted by Gasteiger charge is -2.27. The molecule has 0 spiro atoms. The number of carboxylic acids is 1. The molecule has 1 saturated heterocycles. The highest BCUT2D eigenvalue weighted by Gasteiger charge is 2.37. The van der Waals surface area contributed by atoms with Crippen molar-refractivity contribution in [2.75, 3.05) is 18.6 Å². The van der Waals surface area contributed by atoms with Gasteiger partial charge in [0.25, 0.3) is 0 Å². The third kappa shape index (κ3) is 4.89. The highest BCUT2D eigenvalue weighted by molar-refractivity contribution is 7.98. The van der Waals surface area contributed by atoms with Crippen LogP contribution in [-0.4, -0.2) is 64.5 Å². The second-order valence-electron chi connectivity index (χ2n) is 5.16. The summed E-state index contributed by atoms with van der Waals surface area (Å²) >= 11 is 1.56. The van der Waals surface area contributed by atoms with E-state index in [-0.39, 0.29) is 5.91 Å². The standard InChI is InChI=1S/C13H23N3O4S/c1-8(14)11(17)15-9(5-7-21-2)12(18)16-6-3-4-10(16)13(19)20/h8-10H,3-7,14H2,1-2H3,(H,15,17)(H,19,20). The fourth-order valence-electron chi connectivity index (χ4n) is 2.28. The van der Waals surface area contributed by atoms with E-state index in [4.69, 9.17) is 10.8 Å². The van der Waals surface area contributed by atoms with Crippen molar-refractivity contribution in [3.05, 3.63) is 0 Å². The Morgan fingerprint density at radius 2 is 2.14 bits per heavy atom. The van der Waals surface area contributed by atoms with E-state index in [2.05, 4.69) is 5.32 Å². The Labute approximate surface area is 128 Å². The first-order valence-corrected chi connectivity index (χ1v) is 8.36. The normalized spacial score (nSPS) is 20.9. The summed E-state index contributed by atoms with van der Waals surface area (Å²) in [6, 6.07) is -2.21. The zero-order valence-electron chi connectivity index (χ0n) is 12.4. The third-order valence-corrected chi connectivity index (χ3v) is 4.10. The number of amides is 2. The third-order valence-electron chi connectivity index (χ3n) is 3.46. The molecule has 1 rings (SSSR count). The largest absolute Gasteiger partial charge is 0.480 e. The van der Waals surface area contributed by atoms with Crippen molar-refractivity contribution < 1.29 is 19.5 Å². The second-order valence-corrected chi connectivity index (χ2v) is 6.14. The number of carbonyl (C=O) groups is 3. The summed E-state index contributed by atoms with van der Waals surface area (Å²) in [5.74, 6) is -1.03. The molecule has 1 fully saturated rings. The molecule has 0 aromatic heterocycles. The highest BCUT2D eigenvalue weighted by atomic mass is 32.2. The van der Waals surface area contributed by atoms with Crippen molar-refractivity contribution in [3.8, 4) is 0 Å². The molecule has 0 aliphatic carbocycles. The van der Waals surface area contributed by atoms with Gasteiger partial charge < -0.3 is 21.1 Å². The van der Waals surface area contributed by atoms with E-state index >= 15 is 0 Å². The van der Waals surface area contributed by atoms with E-state index in [9.17, 15) is 14.4 Å². The van der Waals surface area contributed by atoms with Crippen LogP contribution in [0.4, 0.5) is 0 Å². The van der Waals surface area contributed by atoms with Gasteiger partial charge in [-0.1, -0.05) is 0 Å². The predicted molar refractivity (Wildman–Crippen MR) is 80.9 cm³/mol. The molecule has 7 nitrogen and oxygen atoms in total. The number of nitrogens with one attached hydrogen (secondary N) is 1. The van der Waals surface area contributed by atoms with Gasteiger partial charge in [0.15, 0.2) is 0 Å². The van der Waals surface area contributed by atoms with Gasteiger partial charge in [-0.3, -0.25) is 9.59 Å². The summed E-state index contributed by atoms with van der Waals surface area (Å²) in [6.07, 6.45) is 3.49. The van der Waals surface area contributed by atoms with Crippen molar-refractivity contribution in [2.45, 2.75) is 44.3 Å². The van der Waals surface area contributed by atoms with E-state index in [0.29, 0.717) is 31.6 Å². The molecular weight excluding hydrogens is 294 g/mol. The Morgan fingerprint density at radius 1 is 1.48 bits per heavy atom. The van der Waals surface area contributed by atoms with Gasteiger partial charge in [-0.2, -0.15) is 11.8 Å². The Kier molecular flexibility index (Phi) is 6.97. The Hall–Kier alpha value is -1.28. The zero-order chi connectivity index (χ0) is 16.0. The predicted octanol–water partition coefficient (Wildman–Crippen LogP) is -0.353. The molecule has 8 heteroatoms. The minimum Gasteiger partial charge on any atom is -0.480 e. The van der Waals surface area contributed by atoms with Gasteiger partial charge in [0.1, 0.15) is 12.1 Å². The molecule has 2 amide bonds. The van der Waals surface area contributed by atoms with Gasteiger partial charge in [0, 0.05) is 6.54 Å². The topological polar surface area (TPSA) is 113 Å². The summed E-state index contributed by atoms with van der Waals surface area (Å²) < 4.78 is 0. The molecular formula is C13H23N3O4S. The first-order chi connectivity index (χ1) is 9.88. The van der Waals surface area contributed by atoms with Crippen LogP contribution >= 0.6 is 11.8 Å². The van der Waals surface area contributed by atoms with Crippen LogP contribution in [0.1, 0.15) is 26.2 Å². The molecule has 3 atom stereocenters. The maximum atomic E-state index is 12.5.